The Morgan fingerprint density at radius 3 is 2.59 bits per heavy atom. The van der Waals surface area contributed by atoms with Crippen molar-refractivity contribution in [2.24, 2.45) is 5.10 Å². The topological polar surface area (TPSA) is 101 Å². The van der Waals surface area contributed by atoms with Gasteiger partial charge in [-0.3, -0.25) is 14.4 Å². The van der Waals surface area contributed by atoms with Gasteiger partial charge in [-0.15, -0.1) is 0 Å². The number of fused-ring (bicyclic) bond motifs is 1. The number of carbonyl (C=O) groups is 2. The van der Waals surface area contributed by atoms with Crippen molar-refractivity contribution in [2.45, 2.75) is 19.8 Å². The fraction of sp³-hybridized carbons (Fsp3) is 0.143. The van der Waals surface area contributed by atoms with E-state index in [2.05, 4.69) is 15.8 Å². The van der Waals surface area contributed by atoms with E-state index in [9.17, 15) is 14.4 Å². The molecule has 3 aromatic rings. The van der Waals surface area contributed by atoms with Crippen LogP contribution in [0.2, 0.25) is 5.02 Å². The second-order valence-corrected chi connectivity index (χ2v) is 6.80. The van der Waals surface area contributed by atoms with Crippen LogP contribution in [0.3, 0.4) is 0 Å². The van der Waals surface area contributed by atoms with Crippen LogP contribution in [0, 0.1) is 6.92 Å². The van der Waals surface area contributed by atoms with Crippen LogP contribution in [0.5, 0.6) is 0 Å². The molecular weight excluding hydrogens is 394 g/mol. The minimum atomic E-state index is -0.447. The second-order valence-electron chi connectivity index (χ2n) is 6.37. The zero-order valence-corrected chi connectivity index (χ0v) is 16.3. The van der Waals surface area contributed by atoms with Gasteiger partial charge in [0.1, 0.15) is 11.8 Å². The molecule has 2 amide bonds. The predicted molar refractivity (Wildman–Crippen MR) is 112 cm³/mol. The summed E-state index contributed by atoms with van der Waals surface area (Å²) in [6, 6.07) is 12.0. The lowest BCUT2D eigenvalue weighted by Gasteiger charge is -2.05. The van der Waals surface area contributed by atoms with Gasteiger partial charge in [0.2, 0.25) is 17.2 Å². The lowest BCUT2D eigenvalue weighted by molar-refractivity contribution is -0.124. The molecule has 8 heteroatoms. The molecule has 7 nitrogen and oxygen atoms in total. The van der Waals surface area contributed by atoms with E-state index < -0.39 is 5.91 Å². The fourth-order valence-electron chi connectivity index (χ4n) is 2.52. The molecule has 29 heavy (non-hydrogen) atoms. The zero-order chi connectivity index (χ0) is 20.8. The number of nitrogens with zero attached hydrogens (tertiary/aromatic N) is 1. The van der Waals surface area contributed by atoms with Gasteiger partial charge < -0.3 is 9.73 Å². The number of halogens is 1. The quantitative estimate of drug-likeness (QED) is 0.477. The Balaban J connectivity index is 1.52. The molecule has 3 rings (SSSR count). The van der Waals surface area contributed by atoms with Crippen LogP contribution in [-0.4, -0.2) is 18.0 Å². The molecule has 0 saturated carbocycles. The number of benzene rings is 2. The van der Waals surface area contributed by atoms with Gasteiger partial charge in [0.15, 0.2) is 0 Å². The Morgan fingerprint density at radius 2 is 1.83 bits per heavy atom. The van der Waals surface area contributed by atoms with E-state index in [1.54, 1.807) is 30.3 Å². The van der Waals surface area contributed by atoms with E-state index >= 15 is 0 Å². The smallest absolute Gasteiger partial charge is 0.240 e. The summed E-state index contributed by atoms with van der Waals surface area (Å²) >= 11 is 5.87. The van der Waals surface area contributed by atoms with Gasteiger partial charge in [-0.1, -0.05) is 29.3 Å². The normalized spacial score (nSPS) is 11.0. The third kappa shape index (κ3) is 5.52. The van der Waals surface area contributed by atoms with Gasteiger partial charge in [0, 0.05) is 29.6 Å². The molecule has 0 saturated heterocycles. The molecule has 148 valence electrons. The molecule has 0 aliphatic rings. The molecule has 0 spiro atoms. The predicted octanol–water partition coefficient (Wildman–Crippen LogP) is 3.62. The maximum absolute atomic E-state index is 12.4. The third-order valence-electron chi connectivity index (χ3n) is 4.07. The first kappa shape index (κ1) is 20.3. The Kier molecular flexibility index (Phi) is 6.41. The average molecular weight is 412 g/mol. The summed E-state index contributed by atoms with van der Waals surface area (Å²) in [7, 11) is 0. The van der Waals surface area contributed by atoms with E-state index in [4.69, 9.17) is 16.0 Å². The fourth-order valence-corrected chi connectivity index (χ4v) is 2.69. The third-order valence-corrected chi connectivity index (χ3v) is 4.31. The highest BCUT2D eigenvalue weighted by molar-refractivity contribution is 6.31. The highest BCUT2D eigenvalue weighted by Crippen LogP contribution is 2.16. The zero-order valence-electron chi connectivity index (χ0n) is 15.6. The first-order valence-corrected chi connectivity index (χ1v) is 9.19. The number of rotatable bonds is 6. The number of aryl methyl sites for hydroxylation is 1. The Labute approximate surface area is 171 Å². The second kappa shape index (κ2) is 9.16. The first-order valence-electron chi connectivity index (χ1n) is 8.82. The summed E-state index contributed by atoms with van der Waals surface area (Å²) in [4.78, 5) is 36.1. The Bertz CT molecular complexity index is 1140. The van der Waals surface area contributed by atoms with Crippen LogP contribution in [0.1, 0.15) is 24.0 Å². The lowest BCUT2D eigenvalue weighted by Crippen LogP contribution is -2.21. The van der Waals surface area contributed by atoms with Crippen molar-refractivity contribution in [3.05, 3.63) is 75.1 Å². The van der Waals surface area contributed by atoms with E-state index in [1.165, 1.54) is 12.5 Å². The van der Waals surface area contributed by atoms with E-state index in [0.717, 1.165) is 5.56 Å². The standard InChI is InChI=1S/C21H18ClN3O4/c1-13-2-5-16(6-3-13)24-19(26)8-9-20(27)25-23-11-14-12-29-18-10-15(22)4-7-17(18)21(14)28/h2-7,10-12H,8-9H2,1H3,(H,24,26)(H,25,27). The van der Waals surface area contributed by atoms with Gasteiger partial charge in [-0.2, -0.15) is 5.10 Å². The summed E-state index contributed by atoms with van der Waals surface area (Å²) in [5.74, 6) is -0.723. The Hall–Kier alpha value is -3.45. The minimum Gasteiger partial charge on any atom is -0.463 e. The van der Waals surface area contributed by atoms with Crippen molar-refractivity contribution in [3.8, 4) is 0 Å². The van der Waals surface area contributed by atoms with Crippen LogP contribution < -0.4 is 16.2 Å². The van der Waals surface area contributed by atoms with E-state index in [0.29, 0.717) is 21.7 Å². The Morgan fingerprint density at radius 1 is 1.10 bits per heavy atom. The maximum atomic E-state index is 12.4. The largest absolute Gasteiger partial charge is 0.463 e. The van der Waals surface area contributed by atoms with Gasteiger partial charge in [0.25, 0.3) is 0 Å². The lowest BCUT2D eigenvalue weighted by atomic mass is 10.2. The SMILES string of the molecule is Cc1ccc(NC(=O)CCC(=O)NN=Cc2coc3cc(Cl)ccc3c2=O)cc1. The van der Waals surface area contributed by atoms with Crippen LogP contribution in [-0.2, 0) is 9.59 Å². The van der Waals surface area contributed by atoms with Crippen molar-refractivity contribution >= 4 is 46.3 Å². The number of anilines is 1. The van der Waals surface area contributed by atoms with E-state index in [-0.39, 0.29) is 29.7 Å². The molecular formula is C21H18ClN3O4. The van der Waals surface area contributed by atoms with Crippen LogP contribution in [0.25, 0.3) is 11.0 Å². The van der Waals surface area contributed by atoms with Crippen molar-refractivity contribution in [3.63, 3.8) is 0 Å². The molecule has 0 aliphatic carbocycles. The van der Waals surface area contributed by atoms with Gasteiger partial charge in [-0.05, 0) is 31.2 Å². The summed E-state index contributed by atoms with van der Waals surface area (Å²) in [6.45, 7) is 1.95. The molecule has 2 N–H and O–H groups in total. The molecule has 2 aromatic carbocycles. The van der Waals surface area contributed by atoms with Crippen molar-refractivity contribution in [1.29, 1.82) is 0 Å². The van der Waals surface area contributed by atoms with Gasteiger partial charge >= 0.3 is 0 Å². The minimum absolute atomic E-state index is 0.00804. The highest BCUT2D eigenvalue weighted by atomic mass is 35.5. The molecule has 0 unspecified atom stereocenters. The summed E-state index contributed by atoms with van der Waals surface area (Å²) in [5.41, 5.74) is 4.30. The number of carbonyl (C=O) groups excluding carboxylic acids is 2. The first-order chi connectivity index (χ1) is 13.9. The molecule has 1 aromatic heterocycles. The monoisotopic (exact) mass is 411 g/mol. The molecule has 1 heterocycles. The van der Waals surface area contributed by atoms with Crippen molar-refractivity contribution in [2.75, 3.05) is 5.32 Å². The summed E-state index contributed by atoms with van der Waals surface area (Å²) in [6.07, 6.45) is 2.41. The number of hydrogen-bond acceptors (Lipinski definition) is 5. The van der Waals surface area contributed by atoms with Crippen LogP contribution in [0.4, 0.5) is 5.69 Å². The van der Waals surface area contributed by atoms with Crippen molar-refractivity contribution in [1.82, 2.24) is 5.43 Å². The van der Waals surface area contributed by atoms with Gasteiger partial charge in [0.05, 0.1) is 17.2 Å². The number of hydrazone groups is 1. The molecule has 0 atom stereocenters. The van der Waals surface area contributed by atoms with Crippen molar-refractivity contribution < 1.29 is 14.0 Å². The average Bonchev–Trinajstić information content (AvgIpc) is 2.70. The van der Waals surface area contributed by atoms with Crippen LogP contribution in [0.15, 0.2) is 63.0 Å². The maximum Gasteiger partial charge on any atom is 0.240 e. The molecule has 0 aliphatic heterocycles. The number of hydrogen-bond donors (Lipinski definition) is 2. The summed E-state index contributed by atoms with van der Waals surface area (Å²) < 4.78 is 5.36. The highest BCUT2D eigenvalue weighted by Gasteiger charge is 2.08. The van der Waals surface area contributed by atoms with Crippen LogP contribution >= 0.6 is 11.6 Å². The number of nitrogens with one attached hydrogen (secondary N) is 2. The number of amides is 2. The van der Waals surface area contributed by atoms with E-state index in [1.807, 2.05) is 19.1 Å². The summed E-state index contributed by atoms with van der Waals surface area (Å²) in [5, 5.41) is 7.29. The molecule has 0 radical (unpaired) electrons. The van der Waals surface area contributed by atoms with Gasteiger partial charge in [-0.25, -0.2) is 5.43 Å². The molecule has 0 bridgehead atoms. The molecule has 0 fully saturated rings.